The molecule has 0 N–H and O–H groups in total. The van der Waals surface area contributed by atoms with Gasteiger partial charge in [-0.2, -0.15) is 0 Å². The first-order valence-electron chi connectivity index (χ1n) is 7.45. The van der Waals surface area contributed by atoms with Crippen molar-refractivity contribution in [3.8, 4) is 5.75 Å². The second-order valence-corrected chi connectivity index (χ2v) is 6.15. The molecule has 0 aliphatic heterocycles. The number of halogens is 2. The van der Waals surface area contributed by atoms with E-state index in [-0.39, 0.29) is 17.5 Å². The second-order valence-electron chi connectivity index (χ2n) is 5.31. The lowest BCUT2D eigenvalue weighted by Crippen LogP contribution is -2.37. The zero-order valence-electron chi connectivity index (χ0n) is 14.0. The number of benzene rings is 1. The smallest absolute Gasteiger partial charge is 0.347 e. The van der Waals surface area contributed by atoms with Gasteiger partial charge in [0.25, 0.3) is 5.91 Å². The molecule has 0 radical (unpaired) electrons. The van der Waals surface area contributed by atoms with E-state index in [4.69, 9.17) is 32.7 Å². The van der Waals surface area contributed by atoms with Gasteiger partial charge in [-0.1, -0.05) is 35.4 Å². The van der Waals surface area contributed by atoms with E-state index in [1.54, 1.807) is 17.0 Å². The topological polar surface area (TPSA) is 55.8 Å². The molecule has 0 aromatic heterocycles. The van der Waals surface area contributed by atoms with Crippen molar-refractivity contribution in [1.82, 2.24) is 4.90 Å². The minimum atomic E-state index is -0.910. The average molecular weight is 374 g/mol. The highest BCUT2D eigenvalue weighted by Gasteiger charge is 2.20. The number of carbonyl (C=O) groups excluding carboxylic acids is 2. The molecule has 0 heterocycles. The number of amides is 1. The fourth-order valence-electron chi connectivity index (χ4n) is 1.85. The van der Waals surface area contributed by atoms with Gasteiger partial charge in [0.15, 0.2) is 12.7 Å². The summed E-state index contributed by atoms with van der Waals surface area (Å²) in [4.78, 5) is 25.5. The van der Waals surface area contributed by atoms with E-state index >= 15 is 0 Å². The van der Waals surface area contributed by atoms with Crippen molar-refractivity contribution in [1.29, 1.82) is 0 Å². The first kappa shape index (κ1) is 20.3. The molecule has 0 saturated heterocycles. The number of likely N-dealkylation sites (N-methyl/N-ethyl adjacent to an activating group) is 1. The van der Waals surface area contributed by atoms with Crippen molar-refractivity contribution in [3.63, 3.8) is 0 Å². The Balaban J connectivity index is 2.54. The van der Waals surface area contributed by atoms with Gasteiger partial charge in [0.2, 0.25) is 0 Å². The summed E-state index contributed by atoms with van der Waals surface area (Å²) in [6, 6.07) is 4.67. The summed E-state index contributed by atoms with van der Waals surface area (Å²) >= 11 is 11.8. The Hall–Kier alpha value is -1.72. The Morgan fingerprint density at radius 2 is 2.00 bits per heavy atom. The zero-order chi connectivity index (χ0) is 18.3. The molecule has 132 valence electrons. The highest BCUT2D eigenvalue weighted by Crippen LogP contribution is 2.28. The molecular formula is C17H21Cl2NO4. The van der Waals surface area contributed by atoms with Crippen LogP contribution in [0.3, 0.4) is 0 Å². The van der Waals surface area contributed by atoms with Crippen LogP contribution in [0.25, 0.3) is 0 Å². The van der Waals surface area contributed by atoms with Crippen molar-refractivity contribution in [2.24, 2.45) is 0 Å². The maximum atomic E-state index is 12.0. The average Bonchev–Trinajstić information content (AvgIpc) is 2.52. The molecule has 1 aromatic carbocycles. The summed E-state index contributed by atoms with van der Waals surface area (Å²) in [5.41, 5.74) is 0.852. The van der Waals surface area contributed by atoms with E-state index in [1.165, 1.54) is 13.0 Å². The third-order valence-corrected chi connectivity index (χ3v) is 3.59. The van der Waals surface area contributed by atoms with Crippen LogP contribution >= 0.6 is 23.2 Å². The number of hydrogen-bond acceptors (Lipinski definition) is 4. The van der Waals surface area contributed by atoms with Crippen LogP contribution in [0, 0.1) is 0 Å². The molecule has 5 nitrogen and oxygen atoms in total. The Kier molecular flexibility index (Phi) is 8.08. The number of nitrogens with zero attached hydrogens (tertiary/aromatic N) is 1. The summed E-state index contributed by atoms with van der Waals surface area (Å²) in [6.45, 7) is 9.55. The monoisotopic (exact) mass is 373 g/mol. The molecule has 0 saturated carbocycles. The molecule has 0 bridgehead atoms. The first-order chi connectivity index (χ1) is 11.2. The summed E-state index contributed by atoms with van der Waals surface area (Å²) in [5, 5.41) is 0.752. The molecule has 1 aromatic rings. The maximum absolute atomic E-state index is 12.0. The van der Waals surface area contributed by atoms with Crippen molar-refractivity contribution < 1.29 is 19.1 Å². The minimum absolute atomic E-state index is 0.287. The van der Waals surface area contributed by atoms with Gasteiger partial charge in [-0.05, 0) is 39.0 Å². The van der Waals surface area contributed by atoms with Crippen LogP contribution in [0.2, 0.25) is 10.0 Å². The van der Waals surface area contributed by atoms with Gasteiger partial charge in [0, 0.05) is 18.1 Å². The molecule has 0 fully saturated rings. The molecule has 0 aliphatic carbocycles. The number of carbonyl (C=O) groups is 2. The van der Waals surface area contributed by atoms with Gasteiger partial charge >= 0.3 is 5.97 Å². The third-order valence-electron chi connectivity index (χ3n) is 3.06. The van der Waals surface area contributed by atoms with Crippen LogP contribution in [0.4, 0.5) is 0 Å². The van der Waals surface area contributed by atoms with Gasteiger partial charge in [-0.25, -0.2) is 4.79 Å². The van der Waals surface area contributed by atoms with Gasteiger partial charge in [0.05, 0.1) is 5.02 Å². The summed E-state index contributed by atoms with van der Waals surface area (Å²) in [6.07, 6.45) is -0.910. The minimum Gasteiger partial charge on any atom is -0.477 e. The van der Waals surface area contributed by atoms with E-state index in [1.807, 2.05) is 13.8 Å². The largest absolute Gasteiger partial charge is 0.477 e. The van der Waals surface area contributed by atoms with Crippen molar-refractivity contribution in [2.45, 2.75) is 26.9 Å². The molecule has 0 spiro atoms. The van der Waals surface area contributed by atoms with Gasteiger partial charge < -0.3 is 14.4 Å². The van der Waals surface area contributed by atoms with Crippen LogP contribution in [0.15, 0.2) is 30.4 Å². The quantitative estimate of drug-likeness (QED) is 0.514. The Labute approximate surface area is 152 Å². The Bertz CT molecular complexity index is 619. The van der Waals surface area contributed by atoms with Crippen molar-refractivity contribution in [2.75, 3.05) is 19.7 Å². The van der Waals surface area contributed by atoms with E-state index in [0.717, 1.165) is 5.57 Å². The molecule has 1 amide bonds. The normalized spacial score (nSPS) is 11.5. The molecule has 1 rings (SSSR count). The van der Waals surface area contributed by atoms with Crippen LogP contribution < -0.4 is 4.74 Å². The van der Waals surface area contributed by atoms with Gasteiger partial charge in [-0.15, -0.1) is 0 Å². The summed E-state index contributed by atoms with van der Waals surface area (Å²) < 4.78 is 10.5. The molecule has 0 aliphatic rings. The van der Waals surface area contributed by atoms with Gasteiger partial charge in [0.1, 0.15) is 5.75 Å². The van der Waals surface area contributed by atoms with E-state index < -0.39 is 12.1 Å². The van der Waals surface area contributed by atoms with Gasteiger partial charge in [-0.3, -0.25) is 4.79 Å². The lowest BCUT2D eigenvalue weighted by molar-refractivity contribution is -0.157. The Morgan fingerprint density at radius 1 is 1.33 bits per heavy atom. The Morgan fingerprint density at radius 3 is 2.54 bits per heavy atom. The molecule has 24 heavy (non-hydrogen) atoms. The number of hydrogen-bond donors (Lipinski definition) is 0. The third kappa shape index (κ3) is 6.42. The molecular weight excluding hydrogens is 353 g/mol. The van der Waals surface area contributed by atoms with Crippen LogP contribution in [-0.4, -0.2) is 42.6 Å². The number of rotatable bonds is 8. The van der Waals surface area contributed by atoms with Crippen molar-refractivity contribution in [3.05, 3.63) is 40.4 Å². The van der Waals surface area contributed by atoms with E-state index in [2.05, 4.69) is 6.58 Å². The van der Waals surface area contributed by atoms with E-state index in [0.29, 0.717) is 23.9 Å². The lowest BCUT2D eigenvalue weighted by atomic mass is 10.3. The van der Waals surface area contributed by atoms with Crippen molar-refractivity contribution >= 4 is 35.1 Å². The second kappa shape index (κ2) is 9.55. The van der Waals surface area contributed by atoms with Crippen LogP contribution in [0.5, 0.6) is 5.75 Å². The van der Waals surface area contributed by atoms with Crippen LogP contribution in [-0.2, 0) is 14.3 Å². The SMILES string of the molecule is C=C(C)CN(CC)C(=O)COC(=O)C(C)Oc1ccc(Cl)cc1Cl. The zero-order valence-corrected chi connectivity index (χ0v) is 15.5. The number of ether oxygens (including phenoxy) is 2. The standard InChI is InChI=1S/C17H21Cl2NO4/c1-5-20(9-11(2)3)16(21)10-23-17(22)12(4)24-15-7-6-13(18)8-14(15)19/h6-8,12H,2,5,9-10H2,1,3-4H3. The lowest BCUT2D eigenvalue weighted by Gasteiger charge is -2.21. The molecule has 1 unspecified atom stereocenters. The number of esters is 1. The predicted octanol–water partition coefficient (Wildman–Crippen LogP) is 3.73. The predicted molar refractivity (Wildman–Crippen MR) is 94.6 cm³/mol. The molecule has 1 atom stereocenters. The summed E-state index contributed by atoms with van der Waals surface area (Å²) in [5.74, 6) is -0.624. The molecule has 7 heteroatoms. The highest BCUT2D eigenvalue weighted by atomic mass is 35.5. The summed E-state index contributed by atoms with van der Waals surface area (Å²) in [7, 11) is 0. The van der Waals surface area contributed by atoms with E-state index in [9.17, 15) is 9.59 Å². The fraction of sp³-hybridized carbons (Fsp3) is 0.412. The first-order valence-corrected chi connectivity index (χ1v) is 8.20. The van der Waals surface area contributed by atoms with Crippen LogP contribution in [0.1, 0.15) is 20.8 Å². The highest BCUT2D eigenvalue weighted by molar-refractivity contribution is 6.35. The fourth-order valence-corrected chi connectivity index (χ4v) is 2.31. The maximum Gasteiger partial charge on any atom is 0.347 e.